The smallest absolute Gasteiger partial charge is 0.297 e. The number of hydrogen-bond donors (Lipinski definition) is 0. The largest absolute Gasteiger partial charge is 0.328 e. The lowest BCUT2D eigenvalue weighted by Gasteiger charge is -2.25. The lowest BCUT2D eigenvalue weighted by atomic mass is 10.3. The van der Waals surface area contributed by atoms with E-state index in [2.05, 4.69) is 0 Å². The molecule has 0 aliphatic carbocycles. The number of amides is 2. The van der Waals surface area contributed by atoms with E-state index in [-0.39, 0.29) is 6.03 Å². The quantitative estimate of drug-likeness (QED) is 0.722. The van der Waals surface area contributed by atoms with Crippen molar-refractivity contribution >= 4 is 52.2 Å². The van der Waals surface area contributed by atoms with Crippen molar-refractivity contribution in [3.05, 3.63) is 57.5 Å². The fourth-order valence-electron chi connectivity index (χ4n) is 1.80. The van der Waals surface area contributed by atoms with Crippen LogP contribution in [0.25, 0.3) is 0 Å². The zero-order valence-corrected chi connectivity index (χ0v) is 13.7. The van der Waals surface area contributed by atoms with E-state index in [1.165, 1.54) is 9.80 Å². The van der Waals surface area contributed by atoms with E-state index in [1.54, 1.807) is 56.6 Å². The van der Waals surface area contributed by atoms with Crippen LogP contribution in [0.4, 0.5) is 16.2 Å². The summed E-state index contributed by atoms with van der Waals surface area (Å²) in [6.45, 7) is 0. The SMILES string of the molecule is CN(C(=O)N(C)c1ccc(Cl)c(Cl)c1)c1ccc(Cl)cc1. The molecule has 0 atom stereocenters. The fourth-order valence-corrected chi connectivity index (χ4v) is 2.22. The highest BCUT2D eigenvalue weighted by atomic mass is 35.5. The molecule has 0 saturated carbocycles. The number of carbonyl (C=O) groups excluding carboxylic acids is 1. The van der Waals surface area contributed by atoms with E-state index in [0.29, 0.717) is 20.8 Å². The molecule has 0 heterocycles. The third-order valence-electron chi connectivity index (χ3n) is 3.08. The molecular weight excluding hydrogens is 331 g/mol. The van der Waals surface area contributed by atoms with Gasteiger partial charge in [-0.2, -0.15) is 0 Å². The normalized spacial score (nSPS) is 10.3. The second-order valence-electron chi connectivity index (χ2n) is 4.48. The molecule has 2 rings (SSSR count). The molecule has 0 aromatic heterocycles. The second-order valence-corrected chi connectivity index (χ2v) is 5.73. The van der Waals surface area contributed by atoms with Crippen molar-refractivity contribution in [2.24, 2.45) is 0 Å². The Balaban J connectivity index is 2.21. The Morgan fingerprint density at radius 2 is 1.33 bits per heavy atom. The molecule has 3 nitrogen and oxygen atoms in total. The van der Waals surface area contributed by atoms with Gasteiger partial charge in [0.1, 0.15) is 0 Å². The standard InChI is InChI=1S/C15H13Cl3N2O/c1-19(11-5-3-10(16)4-6-11)15(21)20(2)12-7-8-13(17)14(18)9-12/h3-9H,1-2H3. The maximum atomic E-state index is 12.5. The number of carbonyl (C=O) groups is 1. The number of benzene rings is 2. The van der Waals surface area contributed by atoms with E-state index >= 15 is 0 Å². The van der Waals surface area contributed by atoms with Gasteiger partial charge in [0.2, 0.25) is 0 Å². The van der Waals surface area contributed by atoms with Gasteiger partial charge >= 0.3 is 6.03 Å². The van der Waals surface area contributed by atoms with Crippen LogP contribution in [0.15, 0.2) is 42.5 Å². The molecule has 0 aliphatic heterocycles. The van der Waals surface area contributed by atoms with Crippen LogP contribution >= 0.6 is 34.8 Å². The monoisotopic (exact) mass is 342 g/mol. The number of urea groups is 1. The zero-order valence-electron chi connectivity index (χ0n) is 11.5. The molecule has 2 amide bonds. The van der Waals surface area contributed by atoms with Gasteiger partial charge in [-0.25, -0.2) is 4.79 Å². The average Bonchev–Trinajstić information content (AvgIpc) is 2.48. The van der Waals surface area contributed by atoms with Gasteiger partial charge in [-0.15, -0.1) is 0 Å². The van der Waals surface area contributed by atoms with Crippen LogP contribution in [0.5, 0.6) is 0 Å². The van der Waals surface area contributed by atoms with E-state index < -0.39 is 0 Å². The van der Waals surface area contributed by atoms with Gasteiger partial charge in [0, 0.05) is 30.5 Å². The third kappa shape index (κ3) is 3.62. The Kier molecular flexibility index (Phi) is 4.99. The van der Waals surface area contributed by atoms with Gasteiger partial charge in [0.25, 0.3) is 0 Å². The minimum atomic E-state index is -0.198. The van der Waals surface area contributed by atoms with Gasteiger partial charge in [-0.3, -0.25) is 9.80 Å². The Hall–Kier alpha value is -1.42. The summed E-state index contributed by atoms with van der Waals surface area (Å²) in [5.74, 6) is 0. The summed E-state index contributed by atoms with van der Waals surface area (Å²) in [7, 11) is 3.37. The molecule has 0 radical (unpaired) electrons. The summed E-state index contributed by atoms with van der Waals surface area (Å²) in [6, 6.07) is 11.9. The number of hydrogen-bond acceptors (Lipinski definition) is 1. The third-order valence-corrected chi connectivity index (χ3v) is 4.07. The van der Waals surface area contributed by atoms with Crippen LogP contribution in [0.1, 0.15) is 0 Å². The summed E-state index contributed by atoms with van der Waals surface area (Å²) >= 11 is 17.7. The Bertz CT molecular complexity index is 658. The van der Waals surface area contributed by atoms with E-state index in [9.17, 15) is 4.79 Å². The molecule has 0 bridgehead atoms. The minimum absolute atomic E-state index is 0.198. The van der Waals surface area contributed by atoms with Crippen molar-refractivity contribution in [1.82, 2.24) is 0 Å². The summed E-state index contributed by atoms with van der Waals surface area (Å²) in [4.78, 5) is 15.5. The molecule has 21 heavy (non-hydrogen) atoms. The van der Waals surface area contributed by atoms with Gasteiger partial charge in [-0.1, -0.05) is 34.8 Å². The molecule has 0 N–H and O–H groups in total. The van der Waals surface area contributed by atoms with Crippen molar-refractivity contribution < 1.29 is 4.79 Å². The predicted octanol–water partition coefficient (Wildman–Crippen LogP) is 5.34. The second kappa shape index (κ2) is 6.56. The lowest BCUT2D eigenvalue weighted by molar-refractivity contribution is 0.253. The van der Waals surface area contributed by atoms with E-state index in [4.69, 9.17) is 34.8 Å². The highest BCUT2D eigenvalue weighted by molar-refractivity contribution is 6.42. The topological polar surface area (TPSA) is 23.6 Å². The van der Waals surface area contributed by atoms with Gasteiger partial charge in [0.05, 0.1) is 10.0 Å². The van der Waals surface area contributed by atoms with Crippen LogP contribution in [-0.2, 0) is 0 Å². The average molecular weight is 344 g/mol. The van der Waals surface area contributed by atoms with E-state index in [1.807, 2.05) is 0 Å². The van der Waals surface area contributed by atoms with Crippen molar-refractivity contribution in [2.75, 3.05) is 23.9 Å². The molecule has 2 aromatic rings. The Labute approximate surface area is 138 Å². The molecule has 6 heteroatoms. The zero-order chi connectivity index (χ0) is 15.6. The predicted molar refractivity (Wildman–Crippen MR) is 90.1 cm³/mol. The maximum absolute atomic E-state index is 12.5. The summed E-state index contributed by atoms with van der Waals surface area (Å²) in [6.07, 6.45) is 0. The Morgan fingerprint density at radius 1 is 0.810 bits per heavy atom. The molecule has 0 fully saturated rings. The van der Waals surface area contributed by atoms with Crippen LogP contribution < -0.4 is 9.80 Å². The first-order chi connectivity index (χ1) is 9.90. The first-order valence-corrected chi connectivity index (χ1v) is 7.25. The highest BCUT2D eigenvalue weighted by Crippen LogP contribution is 2.27. The molecular formula is C15H13Cl3N2O. The summed E-state index contributed by atoms with van der Waals surface area (Å²) in [5, 5.41) is 1.48. The molecule has 0 saturated heterocycles. The highest BCUT2D eigenvalue weighted by Gasteiger charge is 2.17. The van der Waals surface area contributed by atoms with Gasteiger partial charge < -0.3 is 0 Å². The van der Waals surface area contributed by atoms with Crippen molar-refractivity contribution in [1.29, 1.82) is 0 Å². The van der Waals surface area contributed by atoms with Crippen LogP contribution in [0.3, 0.4) is 0 Å². The van der Waals surface area contributed by atoms with E-state index in [0.717, 1.165) is 5.69 Å². The molecule has 0 aliphatic rings. The van der Waals surface area contributed by atoms with Crippen molar-refractivity contribution in [3.63, 3.8) is 0 Å². The first-order valence-electron chi connectivity index (χ1n) is 6.12. The summed E-state index contributed by atoms with van der Waals surface area (Å²) in [5.41, 5.74) is 1.41. The molecule has 0 unspecified atom stereocenters. The number of anilines is 2. The van der Waals surface area contributed by atoms with Crippen LogP contribution in [0, 0.1) is 0 Å². The molecule has 0 spiro atoms. The first kappa shape index (κ1) is 16.0. The summed E-state index contributed by atoms with van der Waals surface area (Å²) < 4.78 is 0. The van der Waals surface area contributed by atoms with Crippen molar-refractivity contribution in [3.8, 4) is 0 Å². The lowest BCUT2D eigenvalue weighted by Crippen LogP contribution is -2.38. The van der Waals surface area contributed by atoms with Gasteiger partial charge in [0.15, 0.2) is 0 Å². The van der Waals surface area contributed by atoms with Crippen molar-refractivity contribution in [2.45, 2.75) is 0 Å². The number of halogens is 3. The number of nitrogens with zero attached hydrogens (tertiary/aromatic N) is 2. The molecule has 2 aromatic carbocycles. The Morgan fingerprint density at radius 3 is 1.90 bits per heavy atom. The van der Waals surface area contributed by atoms with Crippen LogP contribution in [0.2, 0.25) is 15.1 Å². The van der Waals surface area contributed by atoms with Crippen LogP contribution in [-0.4, -0.2) is 20.1 Å². The molecule has 110 valence electrons. The number of rotatable bonds is 2. The fraction of sp³-hybridized carbons (Fsp3) is 0.133. The van der Waals surface area contributed by atoms with Gasteiger partial charge in [-0.05, 0) is 42.5 Å². The maximum Gasteiger partial charge on any atom is 0.328 e. The minimum Gasteiger partial charge on any atom is -0.297 e.